The minimum Gasteiger partial charge on any atom is -0.478 e. The molecular weight excluding hydrogens is 291 g/mol. The zero-order chi connectivity index (χ0) is 16.8. The van der Waals surface area contributed by atoms with Gasteiger partial charge in [0.2, 0.25) is 0 Å². The smallest absolute Gasteiger partial charge is 0.478 e. The van der Waals surface area contributed by atoms with Crippen LogP contribution in [0.1, 0.15) is 75.2 Å². The monoisotopic (exact) mass is 316 g/mol. The molecule has 1 aromatic carbocycles. The molecule has 1 aliphatic heterocycles. The molecule has 23 heavy (non-hydrogen) atoms. The molecule has 2 fully saturated rings. The fourth-order valence-corrected chi connectivity index (χ4v) is 3.48. The van der Waals surface area contributed by atoms with Crippen LogP contribution in [0.2, 0.25) is 0 Å². The summed E-state index contributed by atoms with van der Waals surface area (Å²) < 4.78 is 12.2. The maximum atomic E-state index is 11.6. The van der Waals surface area contributed by atoms with Gasteiger partial charge in [0.05, 0.1) is 16.8 Å². The Kier molecular flexibility index (Phi) is 4.05. The van der Waals surface area contributed by atoms with Crippen LogP contribution in [0.4, 0.5) is 0 Å². The molecule has 5 heteroatoms. The number of aromatic carboxylic acids is 1. The van der Waals surface area contributed by atoms with Gasteiger partial charge in [0.25, 0.3) is 0 Å². The predicted molar refractivity (Wildman–Crippen MR) is 90.3 cm³/mol. The van der Waals surface area contributed by atoms with Crippen molar-refractivity contribution in [1.29, 1.82) is 0 Å². The topological polar surface area (TPSA) is 55.8 Å². The van der Waals surface area contributed by atoms with Gasteiger partial charge in [0.1, 0.15) is 0 Å². The molecule has 0 radical (unpaired) electrons. The third-order valence-electron chi connectivity index (χ3n) is 5.63. The summed E-state index contributed by atoms with van der Waals surface area (Å²) in [7, 11) is -0.442. The summed E-state index contributed by atoms with van der Waals surface area (Å²) in [5.74, 6) is -0.518. The number of hydrogen-bond donors (Lipinski definition) is 1. The van der Waals surface area contributed by atoms with Crippen LogP contribution in [0.5, 0.6) is 0 Å². The Bertz CT molecular complexity index is 601. The summed E-state index contributed by atoms with van der Waals surface area (Å²) in [6.07, 6.45) is 4.47. The quantitative estimate of drug-likeness (QED) is 0.869. The van der Waals surface area contributed by atoms with Gasteiger partial charge in [-0.25, -0.2) is 4.79 Å². The van der Waals surface area contributed by atoms with Crippen molar-refractivity contribution in [2.75, 3.05) is 0 Å². The lowest BCUT2D eigenvalue weighted by molar-refractivity contribution is 0.00578. The molecule has 0 atom stereocenters. The number of carbonyl (C=O) groups is 1. The minimum atomic E-state index is -0.854. The first-order valence-corrected chi connectivity index (χ1v) is 8.44. The van der Waals surface area contributed by atoms with Crippen molar-refractivity contribution in [2.45, 2.75) is 70.5 Å². The van der Waals surface area contributed by atoms with Gasteiger partial charge in [-0.15, -0.1) is 0 Å². The summed E-state index contributed by atoms with van der Waals surface area (Å²) >= 11 is 0. The first-order valence-electron chi connectivity index (χ1n) is 8.44. The third kappa shape index (κ3) is 2.92. The summed E-state index contributed by atoms with van der Waals surface area (Å²) in [6.45, 7) is 8.10. The zero-order valence-corrected chi connectivity index (χ0v) is 14.4. The molecule has 1 N–H and O–H groups in total. The molecule has 0 aromatic heterocycles. The molecule has 1 saturated heterocycles. The number of carboxylic acids is 1. The Labute approximate surface area is 138 Å². The highest BCUT2D eigenvalue weighted by Crippen LogP contribution is 2.38. The average molecular weight is 316 g/mol. The summed E-state index contributed by atoms with van der Waals surface area (Å²) in [5.41, 5.74) is 1.47. The van der Waals surface area contributed by atoms with E-state index >= 15 is 0 Å². The van der Waals surface area contributed by atoms with Gasteiger partial charge in [0, 0.05) is 0 Å². The van der Waals surface area contributed by atoms with E-state index in [-0.39, 0.29) is 0 Å². The molecule has 1 saturated carbocycles. The van der Waals surface area contributed by atoms with Crippen molar-refractivity contribution in [2.24, 2.45) is 0 Å². The molecule has 0 amide bonds. The Morgan fingerprint density at radius 2 is 1.70 bits per heavy atom. The van der Waals surface area contributed by atoms with Crippen LogP contribution < -0.4 is 5.46 Å². The SMILES string of the molecule is CC1(C)OB(c2ccc(C(=O)O)c(C3CCCC3)c2)OC1(C)C. The summed E-state index contributed by atoms with van der Waals surface area (Å²) in [4.78, 5) is 11.6. The van der Waals surface area contributed by atoms with Crippen LogP contribution in [0, 0.1) is 0 Å². The van der Waals surface area contributed by atoms with Gasteiger partial charge in [-0.3, -0.25) is 0 Å². The second-order valence-electron chi connectivity index (χ2n) is 7.72. The van der Waals surface area contributed by atoms with Gasteiger partial charge in [-0.2, -0.15) is 0 Å². The maximum Gasteiger partial charge on any atom is 0.494 e. The van der Waals surface area contributed by atoms with Crippen molar-refractivity contribution >= 4 is 18.6 Å². The lowest BCUT2D eigenvalue weighted by Gasteiger charge is -2.32. The van der Waals surface area contributed by atoms with E-state index in [4.69, 9.17) is 9.31 Å². The van der Waals surface area contributed by atoms with Crippen molar-refractivity contribution < 1.29 is 19.2 Å². The molecule has 3 rings (SSSR count). The Hall–Kier alpha value is -1.33. The van der Waals surface area contributed by atoms with E-state index in [0.29, 0.717) is 11.5 Å². The molecule has 0 bridgehead atoms. The zero-order valence-electron chi connectivity index (χ0n) is 14.4. The van der Waals surface area contributed by atoms with Crippen LogP contribution in [0.25, 0.3) is 0 Å². The molecule has 124 valence electrons. The highest BCUT2D eigenvalue weighted by Gasteiger charge is 2.51. The first-order chi connectivity index (χ1) is 10.7. The largest absolute Gasteiger partial charge is 0.494 e. The maximum absolute atomic E-state index is 11.6. The van der Waals surface area contributed by atoms with Gasteiger partial charge >= 0.3 is 13.1 Å². The second-order valence-corrected chi connectivity index (χ2v) is 7.72. The lowest BCUT2D eigenvalue weighted by atomic mass is 9.76. The van der Waals surface area contributed by atoms with Crippen LogP contribution >= 0.6 is 0 Å². The number of benzene rings is 1. The molecule has 2 aliphatic rings. The van der Waals surface area contributed by atoms with Crippen molar-refractivity contribution in [3.63, 3.8) is 0 Å². The predicted octanol–water partition coefficient (Wildman–Crippen LogP) is 3.34. The second kappa shape index (κ2) is 5.64. The van der Waals surface area contributed by atoms with Gasteiger partial charge in [-0.1, -0.05) is 25.0 Å². The van der Waals surface area contributed by atoms with E-state index in [9.17, 15) is 9.90 Å². The Balaban J connectivity index is 1.95. The molecule has 1 heterocycles. The fourth-order valence-electron chi connectivity index (χ4n) is 3.48. The van der Waals surface area contributed by atoms with E-state index in [1.165, 1.54) is 12.8 Å². The number of carboxylic acid groups (broad SMARTS) is 1. The van der Waals surface area contributed by atoms with Crippen LogP contribution in [-0.2, 0) is 9.31 Å². The van der Waals surface area contributed by atoms with E-state index in [1.807, 2.05) is 39.8 Å². The first kappa shape index (κ1) is 16.5. The standard InChI is InChI=1S/C18H25BO4/c1-17(2)18(3,4)23-19(22-17)13-9-10-14(16(20)21)15(11-13)12-7-5-6-8-12/h9-12H,5-8H2,1-4H3,(H,20,21). The van der Waals surface area contributed by atoms with Gasteiger partial charge in [0.15, 0.2) is 0 Å². The van der Waals surface area contributed by atoms with Crippen LogP contribution in [0.15, 0.2) is 18.2 Å². The molecule has 0 unspecified atom stereocenters. The van der Waals surface area contributed by atoms with Crippen molar-refractivity contribution in [3.05, 3.63) is 29.3 Å². The molecule has 0 spiro atoms. The van der Waals surface area contributed by atoms with Crippen LogP contribution in [0.3, 0.4) is 0 Å². The van der Waals surface area contributed by atoms with Crippen LogP contribution in [-0.4, -0.2) is 29.4 Å². The van der Waals surface area contributed by atoms with Gasteiger partial charge in [-0.05, 0) is 63.5 Å². The highest BCUT2D eigenvalue weighted by molar-refractivity contribution is 6.62. The lowest BCUT2D eigenvalue weighted by Crippen LogP contribution is -2.41. The summed E-state index contributed by atoms with van der Waals surface area (Å²) in [5, 5.41) is 9.49. The summed E-state index contributed by atoms with van der Waals surface area (Å²) in [6, 6.07) is 5.52. The normalized spacial score (nSPS) is 23.4. The third-order valence-corrected chi connectivity index (χ3v) is 5.63. The molecule has 1 aliphatic carbocycles. The van der Waals surface area contributed by atoms with Crippen molar-refractivity contribution in [3.8, 4) is 0 Å². The highest BCUT2D eigenvalue weighted by atomic mass is 16.7. The fraction of sp³-hybridized carbons (Fsp3) is 0.611. The van der Waals surface area contributed by atoms with E-state index in [1.54, 1.807) is 6.07 Å². The Morgan fingerprint density at radius 3 is 2.22 bits per heavy atom. The molecule has 4 nitrogen and oxygen atoms in total. The van der Waals surface area contributed by atoms with E-state index in [2.05, 4.69) is 0 Å². The minimum absolute atomic E-state index is 0.337. The average Bonchev–Trinajstić information content (AvgIpc) is 3.05. The van der Waals surface area contributed by atoms with E-state index < -0.39 is 24.3 Å². The van der Waals surface area contributed by atoms with Gasteiger partial charge < -0.3 is 14.4 Å². The van der Waals surface area contributed by atoms with E-state index in [0.717, 1.165) is 23.9 Å². The molecule has 1 aromatic rings. The number of hydrogen-bond acceptors (Lipinski definition) is 3. The van der Waals surface area contributed by atoms with Crippen molar-refractivity contribution in [1.82, 2.24) is 0 Å². The Morgan fingerprint density at radius 1 is 1.13 bits per heavy atom. The number of rotatable bonds is 3. The molecular formula is C18H25BO4.